The molecule has 4 rings (SSSR count). The fourth-order valence-electron chi connectivity index (χ4n) is 4.44. The number of aromatic nitrogens is 1. The number of ether oxygens (including phenoxy) is 1. The Kier molecular flexibility index (Phi) is 6.48. The Labute approximate surface area is 184 Å². The van der Waals surface area contributed by atoms with Crippen LogP contribution in [0.4, 0.5) is 5.82 Å². The summed E-state index contributed by atoms with van der Waals surface area (Å²) in [6, 6.07) is 8.99. The number of fused-ring (bicyclic) bond motifs is 1. The molecule has 1 aromatic heterocycles. The topological polar surface area (TPSA) is 79.8 Å². The Morgan fingerprint density at radius 1 is 1.13 bits per heavy atom. The van der Waals surface area contributed by atoms with Crippen molar-refractivity contribution in [1.82, 2.24) is 9.29 Å². The fraction of sp³-hybridized carbons (Fsp3) is 0.565. The molecular weight excluding hydrogens is 414 g/mol. The summed E-state index contributed by atoms with van der Waals surface area (Å²) in [5.41, 5.74) is 0.752. The summed E-state index contributed by atoms with van der Waals surface area (Å²) >= 11 is 0. The molecule has 2 aliphatic heterocycles. The Morgan fingerprint density at radius 2 is 1.90 bits per heavy atom. The van der Waals surface area contributed by atoms with Gasteiger partial charge in [0, 0.05) is 31.6 Å². The number of pyridine rings is 1. The molecule has 0 saturated carbocycles. The number of hydrogen-bond donors (Lipinski definition) is 0. The van der Waals surface area contributed by atoms with E-state index < -0.39 is 10.0 Å². The summed E-state index contributed by atoms with van der Waals surface area (Å²) in [5, 5.41) is 0.800. The van der Waals surface area contributed by atoms with Crippen molar-refractivity contribution in [1.29, 1.82) is 0 Å². The number of benzene rings is 1. The van der Waals surface area contributed by atoms with Crippen LogP contribution in [-0.4, -0.2) is 56.5 Å². The van der Waals surface area contributed by atoms with E-state index >= 15 is 0 Å². The first-order valence-electron chi connectivity index (χ1n) is 11.2. The van der Waals surface area contributed by atoms with Crippen molar-refractivity contribution in [3.05, 3.63) is 30.3 Å². The van der Waals surface area contributed by atoms with Crippen molar-refractivity contribution in [3.63, 3.8) is 0 Å². The van der Waals surface area contributed by atoms with Crippen LogP contribution in [0.2, 0.25) is 0 Å². The van der Waals surface area contributed by atoms with Crippen LogP contribution >= 0.6 is 0 Å². The monoisotopic (exact) mass is 445 g/mol. The van der Waals surface area contributed by atoms with Crippen LogP contribution in [-0.2, 0) is 19.6 Å². The molecule has 2 aliphatic rings. The Hall–Kier alpha value is -2.19. The zero-order valence-electron chi connectivity index (χ0n) is 18.3. The molecule has 0 spiro atoms. The van der Waals surface area contributed by atoms with Gasteiger partial charge in [0.2, 0.25) is 10.0 Å². The summed E-state index contributed by atoms with van der Waals surface area (Å²) < 4.78 is 32.9. The van der Waals surface area contributed by atoms with E-state index in [9.17, 15) is 13.2 Å². The van der Waals surface area contributed by atoms with Crippen LogP contribution < -0.4 is 4.90 Å². The van der Waals surface area contributed by atoms with Crippen molar-refractivity contribution in [3.8, 4) is 0 Å². The number of hydrogen-bond acceptors (Lipinski definition) is 6. The van der Waals surface area contributed by atoms with Gasteiger partial charge in [0.25, 0.3) is 0 Å². The molecule has 0 amide bonds. The summed E-state index contributed by atoms with van der Waals surface area (Å²) in [4.78, 5) is 19.3. The number of piperidine rings is 2. The molecule has 2 saturated heterocycles. The molecule has 31 heavy (non-hydrogen) atoms. The lowest BCUT2D eigenvalue weighted by Crippen LogP contribution is -2.39. The van der Waals surface area contributed by atoms with E-state index in [0.717, 1.165) is 48.9 Å². The maximum Gasteiger partial charge on any atom is 0.310 e. The van der Waals surface area contributed by atoms with Crippen LogP contribution in [0.3, 0.4) is 0 Å². The van der Waals surface area contributed by atoms with Gasteiger partial charge in [-0.1, -0.05) is 6.92 Å². The van der Waals surface area contributed by atoms with Crippen LogP contribution in [0.1, 0.15) is 39.5 Å². The lowest BCUT2D eigenvalue weighted by Gasteiger charge is -2.32. The number of sulfonamides is 1. The first-order chi connectivity index (χ1) is 14.9. The van der Waals surface area contributed by atoms with Crippen molar-refractivity contribution in [2.24, 2.45) is 11.8 Å². The number of esters is 1. The van der Waals surface area contributed by atoms with Gasteiger partial charge in [-0.3, -0.25) is 4.79 Å². The van der Waals surface area contributed by atoms with E-state index in [1.54, 1.807) is 22.5 Å². The molecule has 0 aliphatic carbocycles. The van der Waals surface area contributed by atoms with Gasteiger partial charge >= 0.3 is 5.97 Å². The average molecular weight is 446 g/mol. The Morgan fingerprint density at radius 3 is 2.65 bits per heavy atom. The number of nitrogens with zero attached hydrogens (tertiary/aromatic N) is 3. The highest BCUT2D eigenvalue weighted by atomic mass is 32.2. The number of carbonyl (C=O) groups excluding carboxylic acids is 1. The maximum atomic E-state index is 13.1. The molecule has 0 bridgehead atoms. The molecule has 2 fully saturated rings. The first kappa shape index (κ1) is 22.0. The van der Waals surface area contributed by atoms with Crippen molar-refractivity contribution in [2.45, 2.75) is 44.4 Å². The second-order valence-corrected chi connectivity index (χ2v) is 10.6. The van der Waals surface area contributed by atoms with E-state index in [0.29, 0.717) is 37.1 Å². The van der Waals surface area contributed by atoms with Gasteiger partial charge in [-0.15, -0.1) is 0 Å². The highest BCUT2D eigenvalue weighted by molar-refractivity contribution is 7.89. The second-order valence-electron chi connectivity index (χ2n) is 8.65. The lowest BCUT2D eigenvalue weighted by atomic mass is 9.98. The fourth-order valence-corrected chi connectivity index (χ4v) is 5.95. The highest BCUT2D eigenvalue weighted by Gasteiger charge is 2.29. The summed E-state index contributed by atoms with van der Waals surface area (Å²) in [6.07, 6.45) is 3.55. The third-order valence-electron chi connectivity index (χ3n) is 6.39. The summed E-state index contributed by atoms with van der Waals surface area (Å²) in [7, 11) is -3.49. The standard InChI is InChI=1S/C23H31N3O4S/c1-3-30-23(27)19-5-4-12-25(16-19)22-9-6-18-15-20(7-8-21(18)24-22)31(28,29)26-13-10-17(2)11-14-26/h6-9,15,17,19H,3-5,10-14,16H2,1-2H3. The van der Waals surface area contributed by atoms with Gasteiger partial charge in [0.1, 0.15) is 5.82 Å². The molecule has 8 heteroatoms. The number of rotatable bonds is 5. The molecule has 168 valence electrons. The van der Waals surface area contributed by atoms with Crippen LogP contribution in [0.25, 0.3) is 10.9 Å². The number of carbonyl (C=O) groups is 1. The summed E-state index contributed by atoms with van der Waals surface area (Å²) in [6.45, 7) is 6.98. The predicted octanol–water partition coefficient (Wildman–Crippen LogP) is 3.43. The molecule has 7 nitrogen and oxygen atoms in total. The van der Waals surface area contributed by atoms with E-state index in [1.807, 2.05) is 19.1 Å². The zero-order chi connectivity index (χ0) is 22.0. The third kappa shape index (κ3) is 4.70. The highest BCUT2D eigenvalue weighted by Crippen LogP contribution is 2.28. The van der Waals surface area contributed by atoms with Gasteiger partial charge in [-0.05, 0) is 68.9 Å². The van der Waals surface area contributed by atoms with Gasteiger partial charge in [0.05, 0.1) is 22.9 Å². The third-order valence-corrected chi connectivity index (χ3v) is 8.29. The van der Waals surface area contributed by atoms with Gasteiger partial charge in [-0.25, -0.2) is 13.4 Å². The van der Waals surface area contributed by atoms with E-state index in [1.165, 1.54) is 0 Å². The molecule has 2 aromatic rings. The molecule has 0 radical (unpaired) electrons. The van der Waals surface area contributed by atoms with Crippen molar-refractivity contribution in [2.75, 3.05) is 37.7 Å². The Balaban J connectivity index is 1.54. The Bertz CT molecular complexity index is 1050. The van der Waals surface area contributed by atoms with Gasteiger partial charge < -0.3 is 9.64 Å². The average Bonchev–Trinajstić information content (AvgIpc) is 2.79. The SMILES string of the molecule is CCOC(=O)C1CCCN(c2ccc3cc(S(=O)(=O)N4CCC(C)CC4)ccc3n2)C1. The molecule has 3 heterocycles. The zero-order valence-corrected chi connectivity index (χ0v) is 19.1. The van der Waals surface area contributed by atoms with E-state index in [-0.39, 0.29) is 11.9 Å². The predicted molar refractivity (Wildman–Crippen MR) is 120 cm³/mol. The van der Waals surface area contributed by atoms with E-state index in [4.69, 9.17) is 9.72 Å². The molecule has 0 N–H and O–H groups in total. The van der Waals surface area contributed by atoms with Crippen LogP contribution in [0.15, 0.2) is 35.2 Å². The normalized spacial score (nSPS) is 21.4. The van der Waals surface area contributed by atoms with Gasteiger partial charge in [0.15, 0.2) is 0 Å². The minimum absolute atomic E-state index is 0.133. The van der Waals surface area contributed by atoms with E-state index in [2.05, 4.69) is 11.8 Å². The van der Waals surface area contributed by atoms with Crippen molar-refractivity contribution < 1.29 is 17.9 Å². The quantitative estimate of drug-likeness (QED) is 0.656. The van der Waals surface area contributed by atoms with Crippen LogP contribution in [0.5, 0.6) is 0 Å². The molecule has 1 unspecified atom stereocenters. The first-order valence-corrected chi connectivity index (χ1v) is 12.6. The summed E-state index contributed by atoms with van der Waals surface area (Å²) in [5.74, 6) is 1.10. The largest absolute Gasteiger partial charge is 0.466 e. The minimum Gasteiger partial charge on any atom is -0.466 e. The number of anilines is 1. The minimum atomic E-state index is -3.49. The molecular formula is C23H31N3O4S. The van der Waals surface area contributed by atoms with Crippen molar-refractivity contribution >= 4 is 32.7 Å². The smallest absolute Gasteiger partial charge is 0.310 e. The maximum absolute atomic E-state index is 13.1. The molecule has 1 atom stereocenters. The molecule has 1 aromatic carbocycles. The van der Waals surface area contributed by atoms with Crippen LogP contribution in [0, 0.1) is 11.8 Å². The lowest BCUT2D eigenvalue weighted by molar-refractivity contribution is -0.148. The second kappa shape index (κ2) is 9.12. The van der Waals surface area contributed by atoms with Gasteiger partial charge in [-0.2, -0.15) is 4.31 Å².